The fraction of sp³-hybridized carbons (Fsp3) is 0.400. The van der Waals surface area contributed by atoms with Gasteiger partial charge in [0.05, 0.1) is 29.5 Å². The number of sulfone groups is 1. The van der Waals surface area contributed by atoms with Crippen LogP contribution in [0.15, 0.2) is 53.1 Å². The minimum absolute atomic E-state index is 0.0781. The Morgan fingerprint density at radius 3 is 2.77 bits per heavy atom. The zero-order valence-corrected chi connectivity index (χ0v) is 16.3. The third kappa shape index (κ3) is 3.57. The summed E-state index contributed by atoms with van der Waals surface area (Å²) in [4.78, 5) is 0.328. The van der Waals surface area contributed by atoms with Crippen LogP contribution in [0.1, 0.15) is 26.3 Å². The first kappa shape index (κ1) is 18.7. The third-order valence-corrected chi connectivity index (χ3v) is 6.71. The standard InChI is InChI=1S/C20H26N2O3S/c1-4-26(23,24)17-9-10-20(25-3)18(13-17)19-8-6-12-22(19)15(2)16-7-5-11-21-14-16/h6-10,12-13,15,21H,4-5,11,14H2,1-3H3. The molecule has 0 fully saturated rings. The van der Waals surface area contributed by atoms with Crippen LogP contribution in [0, 0.1) is 0 Å². The van der Waals surface area contributed by atoms with Crippen LogP contribution in [0.3, 0.4) is 0 Å². The molecule has 1 aromatic carbocycles. The van der Waals surface area contributed by atoms with E-state index in [1.54, 1.807) is 32.2 Å². The van der Waals surface area contributed by atoms with Crippen LogP contribution in [0.4, 0.5) is 0 Å². The zero-order valence-electron chi connectivity index (χ0n) is 15.5. The predicted octanol–water partition coefficient (Wildman–Crippen LogP) is 3.44. The maximum absolute atomic E-state index is 12.3. The third-order valence-electron chi connectivity index (χ3n) is 4.98. The van der Waals surface area contributed by atoms with Gasteiger partial charge in [-0.15, -0.1) is 0 Å². The van der Waals surface area contributed by atoms with E-state index in [-0.39, 0.29) is 11.8 Å². The summed E-state index contributed by atoms with van der Waals surface area (Å²) in [6, 6.07) is 9.26. The number of nitrogens with zero attached hydrogens (tertiary/aromatic N) is 1. The van der Waals surface area contributed by atoms with E-state index in [0.717, 1.165) is 30.8 Å². The molecule has 0 aliphatic carbocycles. The summed E-state index contributed by atoms with van der Waals surface area (Å²) in [5.74, 6) is 0.748. The lowest BCUT2D eigenvalue weighted by Gasteiger charge is -2.24. The number of rotatable bonds is 6. The molecule has 1 unspecified atom stereocenters. The Morgan fingerprint density at radius 1 is 1.31 bits per heavy atom. The summed E-state index contributed by atoms with van der Waals surface area (Å²) in [5, 5.41) is 3.41. The first-order valence-corrected chi connectivity index (χ1v) is 10.6. The molecule has 0 bridgehead atoms. The van der Waals surface area contributed by atoms with Crippen molar-refractivity contribution in [3.63, 3.8) is 0 Å². The molecule has 1 aliphatic heterocycles. The summed E-state index contributed by atoms with van der Waals surface area (Å²) in [7, 11) is -1.67. The lowest BCUT2D eigenvalue weighted by molar-refractivity contribution is 0.415. The summed E-state index contributed by atoms with van der Waals surface area (Å²) in [6.45, 7) is 5.72. The van der Waals surface area contributed by atoms with E-state index in [1.165, 1.54) is 5.57 Å². The van der Waals surface area contributed by atoms with E-state index in [0.29, 0.717) is 10.6 Å². The second kappa shape index (κ2) is 7.68. The Hall–Kier alpha value is -2.05. The molecule has 0 saturated carbocycles. The van der Waals surface area contributed by atoms with Crippen molar-refractivity contribution in [3.05, 3.63) is 48.2 Å². The highest BCUT2D eigenvalue weighted by Crippen LogP contribution is 2.35. The highest BCUT2D eigenvalue weighted by molar-refractivity contribution is 7.91. The van der Waals surface area contributed by atoms with Gasteiger partial charge in [0.2, 0.25) is 0 Å². The van der Waals surface area contributed by atoms with Crippen LogP contribution in [-0.2, 0) is 9.84 Å². The Balaban J connectivity index is 2.08. The molecule has 5 nitrogen and oxygen atoms in total. The van der Waals surface area contributed by atoms with Crippen LogP contribution in [0.5, 0.6) is 5.75 Å². The number of nitrogens with one attached hydrogen (secondary N) is 1. The van der Waals surface area contributed by atoms with Crippen LogP contribution in [0.25, 0.3) is 11.3 Å². The zero-order chi connectivity index (χ0) is 18.7. The molecule has 6 heteroatoms. The number of hydrogen-bond acceptors (Lipinski definition) is 4. The highest BCUT2D eigenvalue weighted by atomic mass is 32.2. The van der Waals surface area contributed by atoms with Gasteiger partial charge in [-0.2, -0.15) is 0 Å². The fourth-order valence-electron chi connectivity index (χ4n) is 3.37. The molecule has 1 aliphatic rings. The van der Waals surface area contributed by atoms with Crippen molar-refractivity contribution in [2.24, 2.45) is 0 Å². The van der Waals surface area contributed by atoms with E-state index in [2.05, 4.69) is 22.9 Å². The quantitative estimate of drug-likeness (QED) is 0.787. The minimum Gasteiger partial charge on any atom is -0.496 e. The smallest absolute Gasteiger partial charge is 0.178 e. The second-order valence-electron chi connectivity index (χ2n) is 6.49. The lowest BCUT2D eigenvalue weighted by atomic mass is 10.0. The fourth-order valence-corrected chi connectivity index (χ4v) is 4.27. The summed E-state index contributed by atoms with van der Waals surface area (Å²) in [5.41, 5.74) is 3.09. The average molecular weight is 375 g/mol. The molecule has 2 aromatic rings. The number of methoxy groups -OCH3 is 1. The summed E-state index contributed by atoms with van der Waals surface area (Å²) >= 11 is 0. The molecule has 1 atom stereocenters. The van der Waals surface area contributed by atoms with Gasteiger partial charge in [-0.3, -0.25) is 0 Å². The Labute approximate surface area is 155 Å². The van der Waals surface area contributed by atoms with E-state index >= 15 is 0 Å². The van der Waals surface area contributed by atoms with Gasteiger partial charge in [-0.05, 0) is 55.8 Å². The summed E-state index contributed by atoms with van der Waals surface area (Å²) < 4.78 is 32.3. The number of ether oxygens (including phenoxy) is 1. The van der Waals surface area contributed by atoms with Crippen molar-refractivity contribution >= 4 is 9.84 Å². The first-order valence-electron chi connectivity index (χ1n) is 8.95. The van der Waals surface area contributed by atoms with Gasteiger partial charge in [-0.25, -0.2) is 8.42 Å². The Morgan fingerprint density at radius 2 is 2.12 bits per heavy atom. The van der Waals surface area contributed by atoms with Crippen LogP contribution in [0.2, 0.25) is 0 Å². The van der Waals surface area contributed by atoms with Gasteiger partial charge in [0, 0.05) is 18.3 Å². The minimum atomic E-state index is -3.28. The average Bonchev–Trinajstić information content (AvgIpc) is 3.17. The van der Waals surface area contributed by atoms with E-state index in [1.807, 2.05) is 18.3 Å². The number of hydrogen-bond donors (Lipinski definition) is 1. The topological polar surface area (TPSA) is 60.3 Å². The summed E-state index contributed by atoms with van der Waals surface area (Å²) in [6.07, 6.45) is 5.36. The monoisotopic (exact) mass is 374 g/mol. The van der Waals surface area contributed by atoms with Crippen molar-refractivity contribution in [3.8, 4) is 17.0 Å². The molecule has 140 valence electrons. The van der Waals surface area contributed by atoms with Gasteiger partial charge in [0.1, 0.15) is 5.75 Å². The van der Waals surface area contributed by atoms with Crippen LogP contribution < -0.4 is 10.1 Å². The molecule has 26 heavy (non-hydrogen) atoms. The van der Waals surface area contributed by atoms with Gasteiger partial charge in [0.15, 0.2) is 9.84 Å². The molecule has 1 N–H and O–H groups in total. The van der Waals surface area contributed by atoms with Crippen molar-refractivity contribution in [2.45, 2.75) is 31.2 Å². The maximum Gasteiger partial charge on any atom is 0.178 e. The van der Waals surface area contributed by atoms with Crippen LogP contribution in [-0.4, -0.2) is 38.9 Å². The molecule has 1 aromatic heterocycles. The lowest BCUT2D eigenvalue weighted by Crippen LogP contribution is -2.26. The number of aromatic nitrogens is 1. The molecule has 2 heterocycles. The second-order valence-corrected chi connectivity index (χ2v) is 8.76. The molecule has 3 rings (SSSR count). The van der Waals surface area contributed by atoms with E-state index < -0.39 is 9.84 Å². The van der Waals surface area contributed by atoms with E-state index in [9.17, 15) is 8.42 Å². The molecule has 0 amide bonds. The highest BCUT2D eigenvalue weighted by Gasteiger charge is 2.20. The SMILES string of the molecule is CCS(=O)(=O)c1ccc(OC)c(-c2cccn2C(C)C2=CCCNC2)c1. The Kier molecular flexibility index (Phi) is 5.53. The Bertz CT molecular complexity index is 913. The number of benzene rings is 1. The largest absolute Gasteiger partial charge is 0.496 e. The van der Waals surface area contributed by atoms with Gasteiger partial charge >= 0.3 is 0 Å². The van der Waals surface area contributed by atoms with Crippen molar-refractivity contribution in [1.29, 1.82) is 0 Å². The van der Waals surface area contributed by atoms with Crippen molar-refractivity contribution in [1.82, 2.24) is 9.88 Å². The predicted molar refractivity (Wildman–Crippen MR) is 104 cm³/mol. The normalized spacial score (nSPS) is 16.2. The molecule has 0 radical (unpaired) electrons. The molecular weight excluding hydrogens is 348 g/mol. The molecular formula is C20H26N2O3S. The van der Waals surface area contributed by atoms with Crippen LogP contribution >= 0.6 is 0 Å². The van der Waals surface area contributed by atoms with Gasteiger partial charge in [-0.1, -0.05) is 13.0 Å². The van der Waals surface area contributed by atoms with Crippen molar-refractivity contribution < 1.29 is 13.2 Å². The van der Waals surface area contributed by atoms with Gasteiger partial charge in [0.25, 0.3) is 0 Å². The van der Waals surface area contributed by atoms with Crippen molar-refractivity contribution in [2.75, 3.05) is 26.0 Å². The first-order chi connectivity index (χ1) is 12.5. The molecule has 0 saturated heterocycles. The maximum atomic E-state index is 12.3. The molecule has 0 spiro atoms. The van der Waals surface area contributed by atoms with E-state index in [4.69, 9.17) is 4.74 Å². The van der Waals surface area contributed by atoms with Gasteiger partial charge < -0.3 is 14.6 Å².